The SMILES string of the molecule is N#Cc1cc(C=O)ccn1.[NaH]. The molecule has 1 rings (SSSR count). The maximum absolute atomic E-state index is 10.1. The molecule has 50 valence electrons. The Morgan fingerprint density at radius 3 is 2.91 bits per heavy atom. The molecule has 0 saturated heterocycles. The molecule has 0 amide bonds. The van der Waals surface area contributed by atoms with Crippen LogP contribution in [0.5, 0.6) is 0 Å². The van der Waals surface area contributed by atoms with E-state index in [0.717, 1.165) is 0 Å². The van der Waals surface area contributed by atoms with Gasteiger partial charge in [0.15, 0.2) is 0 Å². The van der Waals surface area contributed by atoms with Gasteiger partial charge >= 0.3 is 29.6 Å². The molecule has 1 aromatic heterocycles. The van der Waals surface area contributed by atoms with Crippen molar-refractivity contribution < 1.29 is 4.79 Å². The first kappa shape index (κ1) is 10.3. The molecular weight excluding hydrogens is 151 g/mol. The zero-order chi connectivity index (χ0) is 7.40. The predicted octanol–water partition coefficient (Wildman–Crippen LogP) is 0.117. The normalized spacial score (nSPS) is 7.55. The van der Waals surface area contributed by atoms with Crippen molar-refractivity contribution >= 4 is 35.8 Å². The number of nitriles is 1. The summed E-state index contributed by atoms with van der Waals surface area (Å²) in [5, 5.41) is 8.33. The van der Waals surface area contributed by atoms with E-state index < -0.39 is 0 Å². The molecule has 0 unspecified atom stereocenters. The Balaban J connectivity index is 0.000001000. The van der Waals surface area contributed by atoms with E-state index in [2.05, 4.69) is 4.98 Å². The number of hydrogen-bond donors (Lipinski definition) is 0. The van der Waals surface area contributed by atoms with Crippen LogP contribution in [-0.2, 0) is 0 Å². The number of nitrogens with zero attached hydrogens (tertiary/aromatic N) is 2. The number of carbonyl (C=O) groups excluding carboxylic acids is 1. The topological polar surface area (TPSA) is 53.8 Å². The van der Waals surface area contributed by atoms with Crippen molar-refractivity contribution in [1.82, 2.24) is 4.98 Å². The van der Waals surface area contributed by atoms with Crippen molar-refractivity contribution in [3.05, 3.63) is 29.6 Å². The number of pyridine rings is 1. The minimum atomic E-state index is 0. The van der Waals surface area contributed by atoms with E-state index in [-0.39, 0.29) is 35.3 Å². The summed E-state index contributed by atoms with van der Waals surface area (Å²) in [5.74, 6) is 0. The van der Waals surface area contributed by atoms with Crippen LogP contribution < -0.4 is 0 Å². The van der Waals surface area contributed by atoms with Gasteiger partial charge in [0.1, 0.15) is 18.0 Å². The first-order valence-corrected chi connectivity index (χ1v) is 2.68. The molecule has 0 aliphatic heterocycles. The molecule has 0 N–H and O–H groups in total. The van der Waals surface area contributed by atoms with Gasteiger partial charge in [-0.3, -0.25) is 4.79 Å². The van der Waals surface area contributed by atoms with Gasteiger partial charge in [-0.1, -0.05) is 0 Å². The van der Waals surface area contributed by atoms with Crippen molar-refractivity contribution in [2.24, 2.45) is 0 Å². The van der Waals surface area contributed by atoms with Gasteiger partial charge in [0, 0.05) is 11.8 Å². The van der Waals surface area contributed by atoms with Gasteiger partial charge < -0.3 is 0 Å². The summed E-state index contributed by atoms with van der Waals surface area (Å²) in [4.78, 5) is 13.8. The minimum absolute atomic E-state index is 0. The summed E-state index contributed by atoms with van der Waals surface area (Å²) in [7, 11) is 0. The zero-order valence-corrected chi connectivity index (χ0v) is 5.11. The molecule has 0 atom stereocenters. The molecule has 0 aliphatic carbocycles. The van der Waals surface area contributed by atoms with Gasteiger partial charge in [-0.05, 0) is 12.1 Å². The molecule has 1 heterocycles. The first-order valence-electron chi connectivity index (χ1n) is 2.68. The second-order valence-corrected chi connectivity index (χ2v) is 1.70. The summed E-state index contributed by atoms with van der Waals surface area (Å²) < 4.78 is 0. The predicted molar refractivity (Wildman–Crippen MR) is 41.5 cm³/mol. The average Bonchev–Trinajstić information content (AvgIpc) is 2.05. The quantitative estimate of drug-likeness (QED) is 0.428. The number of aromatic nitrogens is 1. The van der Waals surface area contributed by atoms with Gasteiger partial charge in [0.05, 0.1) is 0 Å². The third kappa shape index (κ3) is 2.81. The molecule has 11 heavy (non-hydrogen) atoms. The number of carbonyl (C=O) groups is 1. The summed E-state index contributed by atoms with van der Waals surface area (Å²) in [6, 6.07) is 4.82. The van der Waals surface area contributed by atoms with Crippen molar-refractivity contribution in [2.45, 2.75) is 0 Å². The van der Waals surface area contributed by atoms with E-state index >= 15 is 0 Å². The van der Waals surface area contributed by atoms with Crippen LogP contribution >= 0.6 is 0 Å². The van der Waals surface area contributed by atoms with Gasteiger partial charge in [0.25, 0.3) is 0 Å². The van der Waals surface area contributed by atoms with E-state index in [0.29, 0.717) is 11.8 Å². The Morgan fingerprint density at radius 2 is 2.36 bits per heavy atom. The molecule has 0 radical (unpaired) electrons. The van der Waals surface area contributed by atoms with Crippen molar-refractivity contribution in [2.75, 3.05) is 0 Å². The van der Waals surface area contributed by atoms with Gasteiger partial charge in [-0.2, -0.15) is 5.26 Å². The molecule has 0 aliphatic rings. The van der Waals surface area contributed by atoms with E-state index in [4.69, 9.17) is 5.26 Å². The third-order valence-corrected chi connectivity index (χ3v) is 1.03. The number of aldehydes is 1. The second-order valence-electron chi connectivity index (χ2n) is 1.70. The molecule has 1 aromatic rings. The monoisotopic (exact) mass is 156 g/mol. The third-order valence-electron chi connectivity index (χ3n) is 1.03. The van der Waals surface area contributed by atoms with Crippen LogP contribution in [-0.4, -0.2) is 40.8 Å². The van der Waals surface area contributed by atoms with E-state index in [1.54, 1.807) is 6.07 Å². The van der Waals surface area contributed by atoms with E-state index in [9.17, 15) is 4.79 Å². The Labute approximate surface area is 86.3 Å². The van der Waals surface area contributed by atoms with Crippen molar-refractivity contribution in [1.29, 1.82) is 5.26 Å². The summed E-state index contributed by atoms with van der Waals surface area (Å²) in [6.45, 7) is 0. The summed E-state index contributed by atoms with van der Waals surface area (Å²) >= 11 is 0. The Bertz CT molecular complexity index is 293. The molecule has 0 spiro atoms. The molecule has 3 nitrogen and oxygen atoms in total. The molecule has 0 saturated carbocycles. The Kier molecular flexibility index (Phi) is 4.71. The molecule has 0 bridgehead atoms. The Hall–Kier alpha value is -0.690. The van der Waals surface area contributed by atoms with Gasteiger partial charge in [-0.25, -0.2) is 4.98 Å². The second kappa shape index (κ2) is 5.03. The summed E-state index contributed by atoms with van der Waals surface area (Å²) in [6.07, 6.45) is 2.12. The number of rotatable bonds is 1. The van der Waals surface area contributed by atoms with Crippen LogP contribution in [0.15, 0.2) is 18.3 Å². The van der Waals surface area contributed by atoms with Gasteiger partial charge in [-0.15, -0.1) is 0 Å². The van der Waals surface area contributed by atoms with Crippen LogP contribution in [0.2, 0.25) is 0 Å². The molecular formula is C7H5N2NaO. The fourth-order valence-corrected chi connectivity index (χ4v) is 0.581. The van der Waals surface area contributed by atoms with E-state index in [1.807, 2.05) is 6.07 Å². The van der Waals surface area contributed by atoms with Crippen LogP contribution in [0.25, 0.3) is 0 Å². The van der Waals surface area contributed by atoms with Crippen LogP contribution in [0.3, 0.4) is 0 Å². The fraction of sp³-hybridized carbons (Fsp3) is 0. The number of hydrogen-bond acceptors (Lipinski definition) is 3. The maximum atomic E-state index is 10.1. The van der Waals surface area contributed by atoms with Gasteiger partial charge in [0.2, 0.25) is 0 Å². The molecule has 0 aromatic carbocycles. The molecule has 4 heteroatoms. The summed E-state index contributed by atoms with van der Waals surface area (Å²) in [5.41, 5.74) is 0.746. The standard InChI is InChI=1S/C7H4N2O.Na.H/c8-4-7-3-6(5-10)1-2-9-7;;/h1-3,5H;;. The fourth-order valence-electron chi connectivity index (χ4n) is 0.581. The average molecular weight is 156 g/mol. The Morgan fingerprint density at radius 1 is 1.64 bits per heavy atom. The zero-order valence-electron chi connectivity index (χ0n) is 5.11. The first-order chi connectivity index (χ1) is 4.86. The van der Waals surface area contributed by atoms with Crippen LogP contribution in [0, 0.1) is 11.3 Å². The van der Waals surface area contributed by atoms with Crippen molar-refractivity contribution in [3.63, 3.8) is 0 Å². The van der Waals surface area contributed by atoms with Crippen molar-refractivity contribution in [3.8, 4) is 6.07 Å². The van der Waals surface area contributed by atoms with Crippen LogP contribution in [0.1, 0.15) is 16.1 Å². The van der Waals surface area contributed by atoms with E-state index in [1.165, 1.54) is 12.3 Å². The van der Waals surface area contributed by atoms with Crippen LogP contribution in [0.4, 0.5) is 0 Å². The molecule has 0 fully saturated rings.